The minimum Gasteiger partial charge on any atom is -0.444 e. The number of rotatable bonds is 3. The molecule has 1 aromatic heterocycles. The first-order valence-electron chi connectivity index (χ1n) is 5.47. The number of benzene rings is 1. The molecule has 0 aliphatic heterocycles. The van der Waals surface area contributed by atoms with Gasteiger partial charge in [-0.05, 0) is 13.0 Å². The number of nitro benzene ring substituents is 1. The SMILES string of the molecule is Cc1ccc([N+](=O)[O-])c(COC(=O)n2ccnc2)c1. The van der Waals surface area contributed by atoms with E-state index in [0.29, 0.717) is 5.56 Å². The molecule has 0 saturated heterocycles. The van der Waals surface area contributed by atoms with Crippen molar-refractivity contribution in [3.05, 3.63) is 58.2 Å². The smallest absolute Gasteiger partial charge is 0.419 e. The van der Waals surface area contributed by atoms with Gasteiger partial charge < -0.3 is 4.74 Å². The van der Waals surface area contributed by atoms with Gasteiger partial charge in [-0.1, -0.05) is 11.6 Å². The highest BCUT2D eigenvalue weighted by Crippen LogP contribution is 2.20. The lowest BCUT2D eigenvalue weighted by Crippen LogP contribution is -2.12. The van der Waals surface area contributed by atoms with Gasteiger partial charge in [-0.15, -0.1) is 0 Å². The fourth-order valence-electron chi connectivity index (χ4n) is 1.59. The highest BCUT2D eigenvalue weighted by Gasteiger charge is 2.15. The number of carbonyl (C=O) groups is 1. The van der Waals surface area contributed by atoms with E-state index in [2.05, 4.69) is 4.98 Å². The third-order valence-corrected chi connectivity index (χ3v) is 2.50. The fourth-order valence-corrected chi connectivity index (χ4v) is 1.59. The zero-order chi connectivity index (χ0) is 13.8. The number of hydrogen-bond acceptors (Lipinski definition) is 5. The van der Waals surface area contributed by atoms with Crippen molar-refractivity contribution in [3.63, 3.8) is 0 Å². The monoisotopic (exact) mass is 261 g/mol. The van der Waals surface area contributed by atoms with Crippen LogP contribution in [0.3, 0.4) is 0 Å². The summed E-state index contributed by atoms with van der Waals surface area (Å²) in [5.41, 5.74) is 1.15. The molecule has 1 heterocycles. The quantitative estimate of drug-likeness (QED) is 0.624. The Bertz CT molecular complexity index is 607. The van der Waals surface area contributed by atoms with E-state index in [1.54, 1.807) is 12.1 Å². The van der Waals surface area contributed by atoms with E-state index >= 15 is 0 Å². The van der Waals surface area contributed by atoms with Gasteiger partial charge in [0.2, 0.25) is 0 Å². The zero-order valence-corrected chi connectivity index (χ0v) is 10.1. The van der Waals surface area contributed by atoms with Gasteiger partial charge in [-0.2, -0.15) is 0 Å². The normalized spacial score (nSPS) is 10.2. The third kappa shape index (κ3) is 2.95. The maximum Gasteiger partial charge on any atom is 0.419 e. The van der Waals surface area contributed by atoms with Gasteiger partial charge >= 0.3 is 6.09 Å². The highest BCUT2D eigenvalue weighted by atomic mass is 16.6. The largest absolute Gasteiger partial charge is 0.444 e. The summed E-state index contributed by atoms with van der Waals surface area (Å²) in [7, 11) is 0. The van der Waals surface area contributed by atoms with E-state index in [-0.39, 0.29) is 12.3 Å². The minimum atomic E-state index is -0.631. The molecule has 7 nitrogen and oxygen atoms in total. The molecule has 0 atom stereocenters. The number of aryl methyl sites for hydroxylation is 1. The van der Waals surface area contributed by atoms with Gasteiger partial charge in [-0.25, -0.2) is 14.3 Å². The molecule has 1 aromatic carbocycles. The highest BCUT2D eigenvalue weighted by molar-refractivity contribution is 5.70. The lowest BCUT2D eigenvalue weighted by atomic mass is 10.1. The van der Waals surface area contributed by atoms with Crippen LogP contribution >= 0.6 is 0 Å². The standard InChI is InChI=1S/C12H11N3O4/c1-9-2-3-11(15(17)18)10(6-9)7-19-12(16)14-5-4-13-8-14/h2-6,8H,7H2,1H3. The Morgan fingerprint density at radius 2 is 2.32 bits per heavy atom. The fraction of sp³-hybridized carbons (Fsp3) is 0.167. The van der Waals surface area contributed by atoms with Gasteiger partial charge in [-0.3, -0.25) is 10.1 Å². The number of aromatic nitrogens is 2. The minimum absolute atomic E-state index is 0.0657. The van der Waals surface area contributed by atoms with Gasteiger partial charge in [0.1, 0.15) is 12.9 Å². The first kappa shape index (κ1) is 12.7. The van der Waals surface area contributed by atoms with Gasteiger partial charge in [0, 0.05) is 18.5 Å². The Hall–Kier alpha value is -2.70. The second-order valence-corrected chi connectivity index (χ2v) is 3.91. The summed E-state index contributed by atoms with van der Waals surface area (Å²) in [6.07, 6.45) is 3.55. The molecule has 0 aliphatic rings. The van der Waals surface area contributed by atoms with Gasteiger partial charge in [0.15, 0.2) is 0 Å². The van der Waals surface area contributed by atoms with Crippen LogP contribution in [0.4, 0.5) is 10.5 Å². The van der Waals surface area contributed by atoms with E-state index in [1.165, 1.54) is 24.8 Å². The van der Waals surface area contributed by atoms with Crippen molar-refractivity contribution in [2.24, 2.45) is 0 Å². The summed E-state index contributed by atoms with van der Waals surface area (Å²) in [5.74, 6) is 0. The van der Waals surface area contributed by atoms with Crippen LogP contribution in [0.1, 0.15) is 11.1 Å². The molecule has 0 radical (unpaired) electrons. The van der Waals surface area contributed by atoms with E-state index in [1.807, 2.05) is 6.92 Å². The Labute approximate surface area is 108 Å². The van der Waals surface area contributed by atoms with E-state index in [4.69, 9.17) is 4.74 Å². The van der Waals surface area contributed by atoms with Crippen molar-refractivity contribution in [2.75, 3.05) is 0 Å². The van der Waals surface area contributed by atoms with Crippen LogP contribution in [0.15, 0.2) is 36.9 Å². The van der Waals surface area contributed by atoms with Crippen molar-refractivity contribution < 1.29 is 14.5 Å². The Balaban J connectivity index is 2.13. The van der Waals surface area contributed by atoms with Crippen LogP contribution in [-0.4, -0.2) is 20.6 Å². The molecule has 0 bridgehead atoms. The molecule has 0 spiro atoms. The first-order chi connectivity index (χ1) is 9.08. The van der Waals surface area contributed by atoms with Crippen molar-refractivity contribution in [2.45, 2.75) is 13.5 Å². The maximum atomic E-state index is 11.6. The number of nitro groups is 1. The van der Waals surface area contributed by atoms with E-state index < -0.39 is 11.0 Å². The van der Waals surface area contributed by atoms with Crippen molar-refractivity contribution in [1.29, 1.82) is 0 Å². The van der Waals surface area contributed by atoms with Crippen molar-refractivity contribution >= 4 is 11.8 Å². The molecule has 0 aliphatic carbocycles. The zero-order valence-electron chi connectivity index (χ0n) is 10.1. The predicted molar refractivity (Wildman–Crippen MR) is 65.6 cm³/mol. The van der Waals surface area contributed by atoms with Crippen LogP contribution < -0.4 is 0 Å². The Morgan fingerprint density at radius 1 is 1.53 bits per heavy atom. The van der Waals surface area contributed by atoms with Crippen molar-refractivity contribution in [1.82, 2.24) is 9.55 Å². The number of hydrogen-bond donors (Lipinski definition) is 0. The molecule has 0 saturated carbocycles. The number of imidazole rings is 1. The summed E-state index contributed by atoms with van der Waals surface area (Å²) in [4.78, 5) is 25.6. The third-order valence-electron chi connectivity index (χ3n) is 2.50. The van der Waals surface area contributed by atoms with Crippen molar-refractivity contribution in [3.8, 4) is 0 Å². The average molecular weight is 261 g/mol. The molecule has 2 rings (SSSR count). The summed E-state index contributed by atoms with van der Waals surface area (Å²) in [6, 6.07) is 4.66. The molecular formula is C12H11N3O4. The molecule has 0 fully saturated rings. The summed E-state index contributed by atoms with van der Waals surface area (Å²) in [6.45, 7) is 1.65. The van der Waals surface area contributed by atoms with Crippen LogP contribution in [0, 0.1) is 17.0 Å². The predicted octanol–water partition coefficient (Wildman–Crippen LogP) is 2.28. The molecule has 98 valence electrons. The second kappa shape index (κ2) is 5.30. The molecule has 2 aromatic rings. The topological polar surface area (TPSA) is 87.3 Å². The lowest BCUT2D eigenvalue weighted by molar-refractivity contribution is -0.385. The Kier molecular flexibility index (Phi) is 3.56. The second-order valence-electron chi connectivity index (χ2n) is 3.91. The van der Waals surface area contributed by atoms with Crippen LogP contribution in [0.2, 0.25) is 0 Å². The molecule has 7 heteroatoms. The first-order valence-corrected chi connectivity index (χ1v) is 5.47. The molecular weight excluding hydrogens is 250 g/mol. The number of carbonyl (C=O) groups excluding carboxylic acids is 1. The van der Waals surface area contributed by atoms with E-state index in [9.17, 15) is 14.9 Å². The molecule has 0 unspecified atom stereocenters. The van der Waals surface area contributed by atoms with Crippen LogP contribution in [-0.2, 0) is 11.3 Å². The number of nitrogens with zero attached hydrogens (tertiary/aromatic N) is 3. The molecule has 0 amide bonds. The summed E-state index contributed by atoms with van der Waals surface area (Å²) in [5, 5.41) is 10.9. The molecule has 19 heavy (non-hydrogen) atoms. The summed E-state index contributed by atoms with van der Waals surface area (Å²) >= 11 is 0. The molecule has 0 N–H and O–H groups in total. The van der Waals surface area contributed by atoms with Gasteiger partial charge in [0.25, 0.3) is 5.69 Å². The number of ether oxygens (including phenoxy) is 1. The van der Waals surface area contributed by atoms with Crippen LogP contribution in [0.5, 0.6) is 0 Å². The average Bonchev–Trinajstić information content (AvgIpc) is 2.89. The van der Waals surface area contributed by atoms with Gasteiger partial charge in [0.05, 0.1) is 10.5 Å². The Morgan fingerprint density at radius 3 is 2.95 bits per heavy atom. The maximum absolute atomic E-state index is 11.6. The summed E-state index contributed by atoms with van der Waals surface area (Å²) < 4.78 is 6.15. The lowest BCUT2D eigenvalue weighted by Gasteiger charge is -2.06. The van der Waals surface area contributed by atoms with Crippen LogP contribution in [0.25, 0.3) is 0 Å². The van der Waals surface area contributed by atoms with E-state index in [0.717, 1.165) is 10.1 Å².